The van der Waals surface area contributed by atoms with Gasteiger partial charge in [0.2, 0.25) is 0 Å². The Morgan fingerprint density at radius 1 is 1.11 bits per heavy atom. The number of thiophene rings is 2. The predicted octanol–water partition coefficient (Wildman–Crippen LogP) is 5.74. The van der Waals surface area contributed by atoms with Crippen LogP contribution in [-0.2, 0) is 12.8 Å². The number of rotatable bonds is 3. The summed E-state index contributed by atoms with van der Waals surface area (Å²) in [7, 11) is 0. The largest absolute Gasteiger partial charge is 0.347 e. The van der Waals surface area contributed by atoms with E-state index in [4.69, 9.17) is 0 Å². The van der Waals surface area contributed by atoms with Gasteiger partial charge in [0, 0.05) is 10.4 Å². The van der Waals surface area contributed by atoms with Crippen molar-refractivity contribution in [3.8, 4) is 0 Å². The molecule has 0 bridgehead atoms. The summed E-state index contributed by atoms with van der Waals surface area (Å²) in [5.74, 6) is 0.337. The molecule has 0 saturated carbocycles. The Hall–Kier alpha value is -1.66. The predicted molar refractivity (Wildman–Crippen MR) is 119 cm³/mol. The van der Waals surface area contributed by atoms with Gasteiger partial charge in [-0.2, -0.15) is 0 Å². The van der Waals surface area contributed by atoms with Gasteiger partial charge in [-0.25, -0.2) is 0 Å². The van der Waals surface area contributed by atoms with Crippen molar-refractivity contribution in [1.29, 1.82) is 0 Å². The fraction of sp³-hybridized carbons (Fsp3) is 0.545. The molecule has 0 unspecified atom stereocenters. The Balaban J connectivity index is 1.97. The van der Waals surface area contributed by atoms with Crippen LogP contribution in [0.2, 0.25) is 0 Å². The van der Waals surface area contributed by atoms with Gasteiger partial charge in [0.15, 0.2) is 0 Å². The zero-order valence-electron chi connectivity index (χ0n) is 17.6. The average molecular weight is 419 g/mol. The van der Waals surface area contributed by atoms with Gasteiger partial charge in [0.05, 0.1) is 10.4 Å². The molecule has 6 heteroatoms. The van der Waals surface area contributed by atoms with Crippen molar-refractivity contribution < 1.29 is 9.59 Å². The third-order valence-electron chi connectivity index (χ3n) is 5.18. The molecule has 0 saturated heterocycles. The van der Waals surface area contributed by atoms with Crippen molar-refractivity contribution in [3.05, 3.63) is 38.4 Å². The molecule has 2 N–H and O–H groups in total. The highest BCUT2D eigenvalue weighted by Crippen LogP contribution is 2.44. The molecule has 2 amide bonds. The number of fused-ring (bicyclic) bond motifs is 1. The van der Waals surface area contributed by atoms with E-state index >= 15 is 0 Å². The van der Waals surface area contributed by atoms with Crippen LogP contribution in [-0.4, -0.2) is 17.4 Å². The minimum atomic E-state index is -0.330. The average Bonchev–Trinajstić information content (AvgIpc) is 3.19. The highest BCUT2D eigenvalue weighted by atomic mass is 32.1. The summed E-state index contributed by atoms with van der Waals surface area (Å²) >= 11 is 2.98. The van der Waals surface area contributed by atoms with Crippen LogP contribution < -0.4 is 10.6 Å². The van der Waals surface area contributed by atoms with E-state index in [0.29, 0.717) is 21.4 Å². The molecular formula is C22H30N2O2S2. The quantitative estimate of drug-likeness (QED) is 0.667. The number of hydrogen-bond donors (Lipinski definition) is 2. The van der Waals surface area contributed by atoms with Crippen LogP contribution in [0.15, 0.2) is 17.5 Å². The monoisotopic (exact) mass is 418 g/mol. The summed E-state index contributed by atoms with van der Waals surface area (Å²) in [5.41, 5.74) is 1.68. The summed E-state index contributed by atoms with van der Waals surface area (Å²) in [6.07, 6.45) is 2.92. The standard InChI is InChI=1S/C22H30N2O2S2/c1-21(2,3)13-9-10-14-16(12-13)28-20(17(14)19(26)24-22(4,5)6)23-18(25)15-8-7-11-27-15/h7-8,11,13H,9-10,12H2,1-6H3,(H,23,25)(H,24,26)/t13-/m1/s1. The van der Waals surface area contributed by atoms with Crippen LogP contribution in [0.4, 0.5) is 5.00 Å². The molecule has 3 rings (SSSR count). The minimum absolute atomic E-state index is 0.0966. The van der Waals surface area contributed by atoms with Crippen molar-refractivity contribution >= 4 is 39.5 Å². The van der Waals surface area contributed by atoms with Gasteiger partial charge in [-0.15, -0.1) is 22.7 Å². The number of amides is 2. The van der Waals surface area contributed by atoms with Gasteiger partial charge in [0.1, 0.15) is 5.00 Å². The van der Waals surface area contributed by atoms with Gasteiger partial charge < -0.3 is 10.6 Å². The van der Waals surface area contributed by atoms with E-state index in [2.05, 4.69) is 31.4 Å². The smallest absolute Gasteiger partial charge is 0.266 e. The number of carbonyl (C=O) groups excluding carboxylic acids is 2. The third kappa shape index (κ3) is 4.66. The summed E-state index contributed by atoms with van der Waals surface area (Å²) < 4.78 is 0. The van der Waals surface area contributed by atoms with E-state index in [-0.39, 0.29) is 22.8 Å². The lowest BCUT2D eigenvalue weighted by atomic mass is 9.72. The van der Waals surface area contributed by atoms with Crippen molar-refractivity contribution in [1.82, 2.24) is 5.32 Å². The van der Waals surface area contributed by atoms with Crippen molar-refractivity contribution in [2.24, 2.45) is 11.3 Å². The molecule has 1 aliphatic carbocycles. The zero-order chi connectivity index (χ0) is 20.7. The van der Waals surface area contributed by atoms with E-state index in [9.17, 15) is 9.59 Å². The molecule has 2 aromatic rings. The minimum Gasteiger partial charge on any atom is -0.347 e. The second-order valence-corrected chi connectivity index (χ2v) is 11.7. The maximum absolute atomic E-state index is 13.1. The molecule has 28 heavy (non-hydrogen) atoms. The number of anilines is 1. The third-order valence-corrected chi connectivity index (χ3v) is 7.22. The molecule has 1 aliphatic rings. The second kappa shape index (κ2) is 7.64. The van der Waals surface area contributed by atoms with Gasteiger partial charge in [0.25, 0.3) is 11.8 Å². The van der Waals surface area contributed by atoms with E-state index in [1.807, 2.05) is 32.2 Å². The molecule has 2 aromatic heterocycles. The molecular weight excluding hydrogens is 388 g/mol. The topological polar surface area (TPSA) is 58.2 Å². The Morgan fingerprint density at radius 2 is 1.82 bits per heavy atom. The van der Waals surface area contributed by atoms with Gasteiger partial charge in [-0.05, 0) is 68.4 Å². The lowest BCUT2D eigenvalue weighted by Crippen LogP contribution is -2.41. The maximum atomic E-state index is 13.1. The number of nitrogens with one attached hydrogen (secondary N) is 2. The maximum Gasteiger partial charge on any atom is 0.266 e. The van der Waals surface area contributed by atoms with Crippen LogP contribution in [0.25, 0.3) is 0 Å². The molecule has 1 atom stereocenters. The van der Waals surface area contributed by atoms with E-state index in [0.717, 1.165) is 24.8 Å². The van der Waals surface area contributed by atoms with Gasteiger partial charge in [-0.3, -0.25) is 9.59 Å². The fourth-order valence-electron chi connectivity index (χ4n) is 3.63. The highest BCUT2D eigenvalue weighted by molar-refractivity contribution is 7.17. The zero-order valence-corrected chi connectivity index (χ0v) is 19.2. The summed E-state index contributed by atoms with van der Waals surface area (Å²) in [5, 5.41) is 8.66. The molecule has 0 aliphatic heterocycles. The van der Waals surface area contributed by atoms with E-state index in [1.54, 1.807) is 17.4 Å². The summed E-state index contributed by atoms with van der Waals surface area (Å²) in [6.45, 7) is 12.8. The Kier molecular flexibility index (Phi) is 5.74. The Morgan fingerprint density at radius 3 is 2.39 bits per heavy atom. The first-order chi connectivity index (χ1) is 13.0. The summed E-state index contributed by atoms with van der Waals surface area (Å²) in [4.78, 5) is 27.6. The molecule has 4 nitrogen and oxygen atoms in total. The van der Waals surface area contributed by atoms with Gasteiger partial charge >= 0.3 is 0 Å². The highest BCUT2D eigenvalue weighted by Gasteiger charge is 2.34. The van der Waals surface area contributed by atoms with Crippen LogP contribution in [0.3, 0.4) is 0 Å². The lowest BCUT2D eigenvalue weighted by Gasteiger charge is -2.34. The molecule has 0 radical (unpaired) electrons. The molecule has 152 valence electrons. The first kappa shape index (κ1) is 21.1. The summed E-state index contributed by atoms with van der Waals surface area (Å²) in [6, 6.07) is 3.66. The SMILES string of the molecule is CC(C)(C)NC(=O)c1c(NC(=O)c2cccs2)sc2c1CC[C@@H](C(C)(C)C)C2. The lowest BCUT2D eigenvalue weighted by molar-refractivity contribution is 0.0919. The second-order valence-electron chi connectivity index (χ2n) is 9.65. The Bertz CT molecular complexity index is 868. The van der Waals surface area contributed by atoms with Crippen LogP contribution in [0.5, 0.6) is 0 Å². The fourth-order valence-corrected chi connectivity index (χ4v) is 5.57. The van der Waals surface area contributed by atoms with Crippen LogP contribution in [0.1, 0.15) is 78.4 Å². The van der Waals surface area contributed by atoms with Gasteiger partial charge in [-0.1, -0.05) is 26.8 Å². The van der Waals surface area contributed by atoms with Crippen molar-refractivity contribution in [2.75, 3.05) is 5.32 Å². The van der Waals surface area contributed by atoms with E-state index in [1.165, 1.54) is 16.2 Å². The van der Waals surface area contributed by atoms with Crippen LogP contribution >= 0.6 is 22.7 Å². The molecule has 0 spiro atoms. The van der Waals surface area contributed by atoms with E-state index < -0.39 is 0 Å². The van der Waals surface area contributed by atoms with Crippen molar-refractivity contribution in [2.45, 2.75) is 66.3 Å². The first-order valence-corrected chi connectivity index (χ1v) is 11.5. The number of hydrogen-bond acceptors (Lipinski definition) is 4. The first-order valence-electron chi connectivity index (χ1n) is 9.77. The Labute approximate surface area is 175 Å². The molecule has 0 fully saturated rings. The normalized spacial score (nSPS) is 17.1. The molecule has 2 heterocycles. The van der Waals surface area contributed by atoms with Crippen LogP contribution in [0, 0.1) is 11.3 Å². The van der Waals surface area contributed by atoms with Crippen molar-refractivity contribution in [3.63, 3.8) is 0 Å². The number of carbonyl (C=O) groups is 2. The molecule has 0 aromatic carbocycles.